The summed E-state index contributed by atoms with van der Waals surface area (Å²) in [4.78, 5) is 12.1. The number of carbonyl (C=O) groups is 1. The zero-order valence-corrected chi connectivity index (χ0v) is 12.8. The van der Waals surface area contributed by atoms with Gasteiger partial charge < -0.3 is 9.47 Å². The van der Waals surface area contributed by atoms with Gasteiger partial charge in [0.2, 0.25) is 0 Å². The third-order valence-corrected chi connectivity index (χ3v) is 4.02. The van der Waals surface area contributed by atoms with Gasteiger partial charge >= 0.3 is 5.97 Å². The smallest absolute Gasteiger partial charge is 0.343 e. The Kier molecular flexibility index (Phi) is 4.42. The molecule has 0 aliphatic heterocycles. The van der Waals surface area contributed by atoms with Crippen LogP contribution in [-0.2, 0) is 0 Å². The summed E-state index contributed by atoms with van der Waals surface area (Å²) in [7, 11) is 1.56. The topological polar surface area (TPSA) is 35.5 Å². The summed E-state index contributed by atoms with van der Waals surface area (Å²) in [6.07, 6.45) is 0. The summed E-state index contributed by atoms with van der Waals surface area (Å²) in [5, 5.41) is 0. The molecule has 0 atom stereocenters. The largest absolute Gasteiger partial charge is 0.493 e. The van der Waals surface area contributed by atoms with E-state index < -0.39 is 0 Å². The number of methoxy groups -OCH3 is 1. The molecule has 0 radical (unpaired) electrons. The van der Waals surface area contributed by atoms with E-state index in [-0.39, 0.29) is 5.97 Å². The Bertz CT molecular complexity index is 594. The molecule has 0 aliphatic rings. The Morgan fingerprint density at radius 3 is 2.42 bits per heavy atom. The minimum absolute atomic E-state index is 0.387. The minimum atomic E-state index is -0.387. The van der Waals surface area contributed by atoms with Crippen molar-refractivity contribution in [2.24, 2.45) is 0 Å². The van der Waals surface area contributed by atoms with Gasteiger partial charge in [-0.15, -0.1) is 0 Å². The van der Waals surface area contributed by atoms with Gasteiger partial charge in [-0.3, -0.25) is 0 Å². The van der Waals surface area contributed by atoms with Crippen LogP contribution in [0.15, 0.2) is 42.5 Å². The molecule has 0 N–H and O–H groups in total. The molecular weight excluding hydrogens is 355 g/mol. The summed E-state index contributed by atoms with van der Waals surface area (Å²) in [5.41, 5.74) is 1.55. The van der Waals surface area contributed by atoms with Crippen LogP contribution in [-0.4, -0.2) is 13.1 Å². The molecule has 2 aromatic rings. The average Bonchev–Trinajstić information content (AvgIpc) is 2.45. The van der Waals surface area contributed by atoms with E-state index in [1.165, 1.54) is 0 Å². The SMILES string of the molecule is COc1ccc(C)c(I)c1OC(=O)c1ccccc1. The van der Waals surface area contributed by atoms with E-state index >= 15 is 0 Å². The number of ether oxygens (including phenoxy) is 2. The van der Waals surface area contributed by atoms with E-state index in [9.17, 15) is 4.79 Å². The first-order chi connectivity index (χ1) is 9.13. The van der Waals surface area contributed by atoms with E-state index in [4.69, 9.17) is 9.47 Å². The number of halogens is 1. The summed E-state index contributed by atoms with van der Waals surface area (Å²) < 4.78 is 11.6. The number of esters is 1. The Labute approximate surface area is 125 Å². The monoisotopic (exact) mass is 368 g/mol. The Hall–Kier alpha value is -1.56. The van der Waals surface area contributed by atoms with E-state index in [0.717, 1.165) is 9.13 Å². The van der Waals surface area contributed by atoms with Gasteiger partial charge in [0.1, 0.15) is 0 Å². The fourth-order valence-corrected chi connectivity index (χ4v) is 2.17. The molecule has 4 heteroatoms. The van der Waals surface area contributed by atoms with Crippen molar-refractivity contribution in [3.63, 3.8) is 0 Å². The van der Waals surface area contributed by atoms with Crippen LogP contribution in [0.3, 0.4) is 0 Å². The minimum Gasteiger partial charge on any atom is -0.493 e. The summed E-state index contributed by atoms with van der Waals surface area (Å²) in [6.45, 7) is 1.96. The van der Waals surface area contributed by atoms with Gasteiger partial charge in [-0.2, -0.15) is 0 Å². The van der Waals surface area contributed by atoms with Crippen LogP contribution in [0.5, 0.6) is 11.5 Å². The van der Waals surface area contributed by atoms with Crippen molar-refractivity contribution < 1.29 is 14.3 Å². The predicted octanol–water partition coefficient (Wildman–Crippen LogP) is 3.83. The van der Waals surface area contributed by atoms with Crippen LogP contribution in [0.4, 0.5) is 0 Å². The number of benzene rings is 2. The average molecular weight is 368 g/mol. The Morgan fingerprint density at radius 2 is 1.79 bits per heavy atom. The van der Waals surface area contributed by atoms with Crippen molar-refractivity contribution in [1.29, 1.82) is 0 Å². The Balaban J connectivity index is 2.33. The quantitative estimate of drug-likeness (QED) is 0.469. The molecule has 3 nitrogen and oxygen atoms in total. The number of carbonyl (C=O) groups excluding carboxylic acids is 1. The molecule has 0 bridgehead atoms. The third kappa shape index (κ3) is 3.07. The first-order valence-electron chi connectivity index (χ1n) is 5.74. The standard InChI is InChI=1S/C15H13IO3/c1-10-8-9-12(18-2)14(13(10)16)19-15(17)11-6-4-3-5-7-11/h3-9H,1-2H3. The lowest BCUT2D eigenvalue weighted by Gasteiger charge is -2.12. The number of rotatable bonds is 3. The molecule has 0 aromatic heterocycles. The van der Waals surface area contributed by atoms with Crippen LogP contribution in [0, 0.1) is 10.5 Å². The highest BCUT2D eigenvalue weighted by Gasteiger charge is 2.16. The van der Waals surface area contributed by atoms with Gasteiger partial charge in [0.15, 0.2) is 11.5 Å². The lowest BCUT2D eigenvalue weighted by molar-refractivity contribution is 0.0728. The molecule has 0 spiro atoms. The maximum atomic E-state index is 12.1. The fraction of sp³-hybridized carbons (Fsp3) is 0.133. The van der Waals surface area contributed by atoms with Crippen LogP contribution in [0.2, 0.25) is 0 Å². The van der Waals surface area contributed by atoms with Crippen LogP contribution in [0.25, 0.3) is 0 Å². The molecule has 0 heterocycles. The molecule has 0 amide bonds. The highest BCUT2D eigenvalue weighted by Crippen LogP contribution is 2.34. The number of aryl methyl sites for hydroxylation is 1. The van der Waals surface area contributed by atoms with Gasteiger partial charge in [-0.05, 0) is 53.3 Å². The molecular formula is C15H13IO3. The van der Waals surface area contributed by atoms with E-state index in [2.05, 4.69) is 22.6 Å². The van der Waals surface area contributed by atoms with Crippen molar-refractivity contribution in [3.8, 4) is 11.5 Å². The maximum Gasteiger partial charge on any atom is 0.343 e. The van der Waals surface area contributed by atoms with E-state index in [1.807, 2.05) is 19.1 Å². The lowest BCUT2D eigenvalue weighted by atomic mass is 10.2. The van der Waals surface area contributed by atoms with Crippen LogP contribution < -0.4 is 9.47 Å². The third-order valence-electron chi connectivity index (χ3n) is 2.68. The second-order valence-corrected chi connectivity index (χ2v) is 5.06. The zero-order chi connectivity index (χ0) is 13.8. The van der Waals surface area contributed by atoms with Gasteiger partial charge in [-0.1, -0.05) is 24.3 Å². The molecule has 0 saturated carbocycles. The van der Waals surface area contributed by atoms with Crippen molar-refractivity contribution >= 4 is 28.6 Å². The summed E-state index contributed by atoms with van der Waals surface area (Å²) >= 11 is 2.15. The van der Waals surface area contributed by atoms with E-state index in [0.29, 0.717) is 17.1 Å². The maximum absolute atomic E-state index is 12.1. The molecule has 98 valence electrons. The van der Waals surface area contributed by atoms with Crippen LogP contribution in [0.1, 0.15) is 15.9 Å². The zero-order valence-electron chi connectivity index (χ0n) is 10.6. The predicted molar refractivity (Wildman–Crippen MR) is 81.8 cm³/mol. The van der Waals surface area contributed by atoms with Gasteiger partial charge in [0, 0.05) is 0 Å². The van der Waals surface area contributed by atoms with Crippen molar-refractivity contribution in [3.05, 3.63) is 57.2 Å². The lowest BCUT2D eigenvalue weighted by Crippen LogP contribution is -2.10. The van der Waals surface area contributed by atoms with Gasteiger partial charge in [0.25, 0.3) is 0 Å². The molecule has 0 saturated heterocycles. The summed E-state index contributed by atoms with van der Waals surface area (Å²) in [6, 6.07) is 12.6. The summed E-state index contributed by atoms with van der Waals surface area (Å²) in [5.74, 6) is 0.638. The second kappa shape index (κ2) is 6.06. The molecule has 19 heavy (non-hydrogen) atoms. The fourth-order valence-electron chi connectivity index (χ4n) is 1.62. The van der Waals surface area contributed by atoms with Crippen molar-refractivity contribution in [2.45, 2.75) is 6.92 Å². The first-order valence-corrected chi connectivity index (χ1v) is 6.81. The molecule has 0 fully saturated rings. The number of hydrogen-bond donors (Lipinski definition) is 0. The highest BCUT2D eigenvalue weighted by molar-refractivity contribution is 14.1. The first kappa shape index (κ1) is 13.9. The van der Waals surface area contributed by atoms with Gasteiger partial charge in [-0.25, -0.2) is 4.79 Å². The molecule has 0 unspecified atom stereocenters. The Morgan fingerprint density at radius 1 is 1.11 bits per heavy atom. The van der Waals surface area contributed by atoms with Gasteiger partial charge in [0.05, 0.1) is 16.2 Å². The molecule has 2 aromatic carbocycles. The van der Waals surface area contributed by atoms with E-state index in [1.54, 1.807) is 37.4 Å². The molecule has 2 rings (SSSR count). The van der Waals surface area contributed by atoms with Crippen molar-refractivity contribution in [2.75, 3.05) is 7.11 Å². The van der Waals surface area contributed by atoms with Crippen molar-refractivity contribution in [1.82, 2.24) is 0 Å². The molecule has 0 aliphatic carbocycles. The second-order valence-electron chi connectivity index (χ2n) is 3.98. The highest BCUT2D eigenvalue weighted by atomic mass is 127. The normalized spacial score (nSPS) is 10.1. The number of hydrogen-bond acceptors (Lipinski definition) is 3. The van der Waals surface area contributed by atoms with Crippen LogP contribution >= 0.6 is 22.6 Å².